The van der Waals surface area contributed by atoms with Gasteiger partial charge in [-0.2, -0.15) is 0 Å². The Kier molecular flexibility index (Phi) is 2.83. The molecule has 1 heterocycles. The Balaban J connectivity index is 2.25. The second-order valence-corrected chi connectivity index (χ2v) is 4.13. The van der Waals surface area contributed by atoms with Crippen LogP contribution in [0.2, 0.25) is 0 Å². The molecule has 0 aliphatic carbocycles. The average Bonchev–Trinajstić information content (AvgIpc) is 2.71. The highest BCUT2D eigenvalue weighted by Crippen LogP contribution is 2.26. The van der Waals surface area contributed by atoms with E-state index in [1.165, 1.54) is 0 Å². The van der Waals surface area contributed by atoms with E-state index in [-0.39, 0.29) is 6.61 Å². The van der Waals surface area contributed by atoms with Crippen LogP contribution in [-0.2, 0) is 9.53 Å². The number of carboxylic acid groups (broad SMARTS) is 1. The van der Waals surface area contributed by atoms with Crippen molar-refractivity contribution in [3.63, 3.8) is 0 Å². The molecule has 0 saturated carbocycles. The number of carbonyl (C=O) groups is 1. The summed E-state index contributed by atoms with van der Waals surface area (Å²) in [6.07, 6.45) is 0.497. The SMILES string of the molecule is Cc1ccccc1NC1(C(=O)O)CCOC1. The predicted octanol–water partition coefficient (Wildman–Crippen LogP) is 1.65. The van der Waals surface area contributed by atoms with Crippen LogP contribution in [0.3, 0.4) is 0 Å². The zero-order chi connectivity index (χ0) is 11.6. The largest absolute Gasteiger partial charge is 0.479 e. The zero-order valence-electron chi connectivity index (χ0n) is 9.19. The van der Waals surface area contributed by atoms with Crippen molar-refractivity contribution in [3.8, 4) is 0 Å². The minimum Gasteiger partial charge on any atom is -0.479 e. The lowest BCUT2D eigenvalue weighted by Crippen LogP contribution is -2.47. The summed E-state index contributed by atoms with van der Waals surface area (Å²) in [5.74, 6) is -0.853. The van der Waals surface area contributed by atoms with Gasteiger partial charge in [0, 0.05) is 18.7 Å². The molecule has 4 nitrogen and oxygen atoms in total. The molecule has 16 heavy (non-hydrogen) atoms. The Morgan fingerprint density at radius 1 is 1.50 bits per heavy atom. The molecule has 2 N–H and O–H groups in total. The Hall–Kier alpha value is -1.55. The fourth-order valence-electron chi connectivity index (χ4n) is 1.86. The van der Waals surface area contributed by atoms with Crippen LogP contribution in [0.15, 0.2) is 24.3 Å². The number of hydrogen-bond donors (Lipinski definition) is 2. The van der Waals surface area contributed by atoms with Gasteiger partial charge in [0.05, 0.1) is 6.61 Å². The number of benzene rings is 1. The maximum Gasteiger partial charge on any atom is 0.331 e. The normalized spacial score (nSPS) is 24.3. The summed E-state index contributed by atoms with van der Waals surface area (Å²) < 4.78 is 5.19. The first-order chi connectivity index (χ1) is 7.64. The third-order valence-corrected chi connectivity index (χ3v) is 2.95. The summed E-state index contributed by atoms with van der Waals surface area (Å²) in [7, 11) is 0. The van der Waals surface area contributed by atoms with Crippen molar-refractivity contribution in [2.45, 2.75) is 18.9 Å². The molecular formula is C12H15NO3. The highest BCUT2D eigenvalue weighted by molar-refractivity contribution is 5.83. The van der Waals surface area contributed by atoms with Crippen LogP contribution in [-0.4, -0.2) is 29.8 Å². The van der Waals surface area contributed by atoms with Crippen LogP contribution < -0.4 is 5.32 Å². The summed E-state index contributed by atoms with van der Waals surface area (Å²) in [6, 6.07) is 7.66. The van der Waals surface area contributed by atoms with Gasteiger partial charge in [0.1, 0.15) is 0 Å². The zero-order valence-corrected chi connectivity index (χ0v) is 9.19. The first kappa shape index (κ1) is 11.0. The maximum absolute atomic E-state index is 11.3. The number of anilines is 1. The number of nitrogens with one attached hydrogen (secondary N) is 1. The van der Waals surface area contributed by atoms with Gasteiger partial charge in [-0.3, -0.25) is 0 Å². The van der Waals surface area contributed by atoms with Gasteiger partial charge in [-0.25, -0.2) is 4.79 Å². The number of carboxylic acids is 1. The minimum atomic E-state index is -0.966. The lowest BCUT2D eigenvalue weighted by molar-refractivity contribution is -0.142. The molecule has 2 rings (SSSR count). The van der Waals surface area contributed by atoms with Crippen molar-refractivity contribution in [2.24, 2.45) is 0 Å². The third-order valence-electron chi connectivity index (χ3n) is 2.95. The summed E-state index contributed by atoms with van der Waals surface area (Å²) in [5.41, 5.74) is 0.928. The molecule has 1 aliphatic heterocycles. The topological polar surface area (TPSA) is 58.6 Å². The van der Waals surface area contributed by atoms with Crippen LogP contribution >= 0.6 is 0 Å². The molecular weight excluding hydrogens is 206 g/mol. The highest BCUT2D eigenvalue weighted by atomic mass is 16.5. The molecule has 1 aromatic carbocycles. The molecule has 1 saturated heterocycles. The van der Waals surface area contributed by atoms with Crippen LogP contribution in [0, 0.1) is 6.92 Å². The number of rotatable bonds is 3. The monoisotopic (exact) mass is 221 g/mol. The van der Waals surface area contributed by atoms with E-state index >= 15 is 0 Å². The Morgan fingerprint density at radius 3 is 2.81 bits per heavy atom. The Bertz CT molecular complexity index is 397. The molecule has 4 heteroatoms. The van der Waals surface area contributed by atoms with Gasteiger partial charge < -0.3 is 15.2 Å². The number of hydrogen-bond acceptors (Lipinski definition) is 3. The van der Waals surface area contributed by atoms with Gasteiger partial charge in [-0.1, -0.05) is 18.2 Å². The van der Waals surface area contributed by atoms with Gasteiger partial charge in [0.15, 0.2) is 5.54 Å². The summed E-state index contributed by atoms with van der Waals surface area (Å²) in [6.45, 7) is 2.66. The molecule has 86 valence electrons. The Morgan fingerprint density at radius 2 is 2.25 bits per heavy atom. The predicted molar refractivity (Wildman–Crippen MR) is 60.6 cm³/mol. The summed E-state index contributed by atoms with van der Waals surface area (Å²) in [4.78, 5) is 11.3. The lowest BCUT2D eigenvalue weighted by Gasteiger charge is -2.25. The van der Waals surface area contributed by atoms with Crippen molar-refractivity contribution in [1.82, 2.24) is 0 Å². The summed E-state index contributed by atoms with van der Waals surface area (Å²) >= 11 is 0. The molecule has 1 aromatic rings. The van der Waals surface area contributed by atoms with E-state index in [1.54, 1.807) is 0 Å². The van der Waals surface area contributed by atoms with E-state index in [4.69, 9.17) is 4.74 Å². The lowest BCUT2D eigenvalue weighted by atomic mass is 9.98. The van der Waals surface area contributed by atoms with Crippen LogP contribution in [0.1, 0.15) is 12.0 Å². The van der Waals surface area contributed by atoms with Gasteiger partial charge in [0.2, 0.25) is 0 Å². The highest BCUT2D eigenvalue weighted by Gasteiger charge is 2.42. The Labute approximate surface area is 94.2 Å². The second-order valence-electron chi connectivity index (χ2n) is 4.13. The van der Waals surface area contributed by atoms with E-state index < -0.39 is 11.5 Å². The first-order valence-corrected chi connectivity index (χ1v) is 5.29. The minimum absolute atomic E-state index is 0.219. The van der Waals surface area contributed by atoms with Crippen molar-refractivity contribution >= 4 is 11.7 Å². The molecule has 0 amide bonds. The van der Waals surface area contributed by atoms with E-state index in [1.807, 2.05) is 31.2 Å². The van der Waals surface area contributed by atoms with Crippen LogP contribution in [0.4, 0.5) is 5.69 Å². The fraction of sp³-hybridized carbons (Fsp3) is 0.417. The first-order valence-electron chi connectivity index (χ1n) is 5.29. The number of aliphatic carboxylic acids is 1. The number of ether oxygens (including phenoxy) is 1. The standard InChI is InChI=1S/C12H15NO3/c1-9-4-2-3-5-10(9)13-12(11(14)15)6-7-16-8-12/h2-5,13H,6-8H2,1H3,(H,14,15). The number of aryl methyl sites for hydroxylation is 1. The summed E-state index contributed by atoms with van der Waals surface area (Å²) in [5, 5.41) is 12.4. The van der Waals surface area contributed by atoms with Crippen molar-refractivity contribution in [3.05, 3.63) is 29.8 Å². The van der Waals surface area contributed by atoms with Crippen molar-refractivity contribution in [1.29, 1.82) is 0 Å². The van der Waals surface area contributed by atoms with Crippen LogP contribution in [0.5, 0.6) is 0 Å². The average molecular weight is 221 g/mol. The second kappa shape index (κ2) is 4.14. The van der Waals surface area contributed by atoms with Gasteiger partial charge in [-0.15, -0.1) is 0 Å². The van der Waals surface area contributed by atoms with Gasteiger partial charge in [0.25, 0.3) is 0 Å². The molecule has 0 radical (unpaired) electrons. The van der Waals surface area contributed by atoms with Gasteiger partial charge >= 0.3 is 5.97 Å². The van der Waals surface area contributed by atoms with Gasteiger partial charge in [-0.05, 0) is 18.6 Å². The maximum atomic E-state index is 11.3. The van der Waals surface area contributed by atoms with Crippen LogP contribution in [0.25, 0.3) is 0 Å². The smallest absolute Gasteiger partial charge is 0.331 e. The van der Waals surface area contributed by atoms with E-state index in [0.717, 1.165) is 11.3 Å². The van der Waals surface area contributed by atoms with Crippen molar-refractivity contribution < 1.29 is 14.6 Å². The molecule has 1 atom stereocenters. The van der Waals surface area contributed by atoms with Crippen molar-refractivity contribution in [2.75, 3.05) is 18.5 Å². The molecule has 0 bridgehead atoms. The molecule has 1 unspecified atom stereocenters. The quantitative estimate of drug-likeness (QED) is 0.814. The third kappa shape index (κ3) is 1.88. The number of para-hydroxylation sites is 1. The van der Waals surface area contributed by atoms with E-state index in [9.17, 15) is 9.90 Å². The fourth-order valence-corrected chi connectivity index (χ4v) is 1.86. The molecule has 1 aliphatic rings. The molecule has 0 aromatic heterocycles. The molecule has 1 fully saturated rings. The van der Waals surface area contributed by atoms with E-state index in [2.05, 4.69) is 5.32 Å². The molecule has 0 spiro atoms. The van der Waals surface area contributed by atoms with E-state index in [0.29, 0.717) is 13.0 Å².